The summed E-state index contributed by atoms with van der Waals surface area (Å²) in [6.07, 6.45) is 0. The largest absolute Gasteiger partial charge is 0.361 e. The molecule has 0 bridgehead atoms. The van der Waals surface area contributed by atoms with Gasteiger partial charge >= 0.3 is 0 Å². The van der Waals surface area contributed by atoms with Crippen LogP contribution in [0.3, 0.4) is 0 Å². The van der Waals surface area contributed by atoms with E-state index in [1.54, 1.807) is 0 Å². The van der Waals surface area contributed by atoms with Gasteiger partial charge < -0.3 is 3.90 Å². The van der Waals surface area contributed by atoms with Crippen molar-refractivity contribution in [2.24, 2.45) is 0 Å². The Morgan fingerprint density at radius 2 is 1.71 bits per heavy atom. The summed E-state index contributed by atoms with van der Waals surface area (Å²) in [5.41, 5.74) is 0. The number of halogens is 1. The van der Waals surface area contributed by atoms with Crippen LogP contribution in [0.1, 0.15) is 0 Å². The number of hydrogen-bond donors (Lipinski definition) is 0. The monoisotopic (exact) mass is 163 g/mol. The first-order valence-electron chi connectivity index (χ1n) is 1.86. The van der Waals surface area contributed by atoms with Crippen molar-refractivity contribution in [2.45, 2.75) is 13.1 Å². The molecule has 0 atom stereocenters. The van der Waals surface area contributed by atoms with E-state index in [9.17, 15) is 0 Å². The first-order chi connectivity index (χ1) is 3.35. The fourth-order valence-electron chi connectivity index (χ4n) is 0.196. The first-order valence-corrected chi connectivity index (χ1v) is 6.71. The Hall–Kier alpha value is 0.901. The Kier molecular flexibility index (Phi) is 5.69. The normalized spacial score (nSPS) is 10.3. The third-order valence-corrected chi connectivity index (χ3v) is 6.31. The molecule has 0 saturated carbocycles. The summed E-state index contributed by atoms with van der Waals surface area (Å²) in [6.45, 7) is 4.29. The Morgan fingerprint density at radius 3 is 1.71 bits per heavy atom. The molecule has 0 aromatic rings. The van der Waals surface area contributed by atoms with E-state index in [-0.39, 0.29) is 0 Å². The Morgan fingerprint density at radius 1 is 1.29 bits per heavy atom. The Bertz CT molecular complexity index is 34.4. The van der Waals surface area contributed by atoms with E-state index in [1.807, 2.05) is 0 Å². The molecule has 0 saturated heterocycles. The topological polar surface area (TPSA) is 3.24 Å². The predicted molar refractivity (Wildman–Crippen MR) is 36.7 cm³/mol. The summed E-state index contributed by atoms with van der Waals surface area (Å²) in [4.78, 5) is 0. The minimum absolute atomic E-state index is 0.479. The molecule has 0 heterocycles. The quantitative estimate of drug-likeness (QED) is 0.430. The second kappa shape index (κ2) is 5.05. The van der Waals surface area contributed by atoms with Crippen LogP contribution in [0.2, 0.25) is 13.1 Å². The van der Waals surface area contributed by atoms with Gasteiger partial charge in [-0.1, -0.05) is 13.1 Å². The van der Waals surface area contributed by atoms with E-state index < -0.39 is 0 Å². The van der Waals surface area contributed by atoms with Crippen molar-refractivity contribution in [3.05, 3.63) is 0 Å². The van der Waals surface area contributed by atoms with Crippen LogP contribution >= 0.6 is 11.1 Å². The van der Waals surface area contributed by atoms with Gasteiger partial charge in [-0.3, -0.25) is 0 Å². The molecule has 7 heavy (non-hydrogen) atoms. The molecule has 0 N–H and O–H groups in total. The molecular weight excluding hydrogens is 158 g/mol. The lowest BCUT2D eigenvalue weighted by Crippen LogP contribution is -2.28. The fraction of sp³-hybridized carbons (Fsp3) is 1.00. The molecule has 0 amide bonds. The van der Waals surface area contributed by atoms with Crippen LogP contribution in [-0.4, -0.2) is 32.2 Å². The summed E-state index contributed by atoms with van der Waals surface area (Å²) < 4.78 is 2.22. The second-order valence-corrected chi connectivity index (χ2v) is 5.12. The Labute approximate surface area is 56.8 Å². The zero-order valence-corrected chi connectivity index (χ0v) is 8.08. The molecule has 0 aromatic heterocycles. The third kappa shape index (κ3) is 3.48. The van der Waals surface area contributed by atoms with E-state index in [4.69, 9.17) is 11.1 Å². The van der Waals surface area contributed by atoms with Crippen molar-refractivity contribution >= 4 is 39.4 Å². The summed E-state index contributed by atoms with van der Waals surface area (Å²) >= 11 is 5.54. The van der Waals surface area contributed by atoms with Crippen molar-refractivity contribution in [3.63, 3.8) is 0 Å². The first kappa shape index (κ1) is 7.90. The van der Waals surface area contributed by atoms with Gasteiger partial charge in [0.25, 0.3) is 8.99 Å². The predicted octanol–water partition coefficient (Wildman–Crippen LogP) is 0.396. The number of hydrogen-bond acceptors (Lipinski definition) is 1. The minimum atomic E-state index is 0.479. The van der Waals surface area contributed by atoms with Gasteiger partial charge in [0.15, 0.2) is 0 Å². The minimum Gasteiger partial charge on any atom is -0.361 e. The van der Waals surface area contributed by atoms with Crippen LogP contribution < -0.4 is 0 Å². The maximum Gasteiger partial charge on any atom is 0.258 e. The molecule has 0 fully saturated rings. The molecule has 0 spiro atoms. The van der Waals surface area contributed by atoms with Gasteiger partial charge in [0.05, 0.1) is 0 Å². The molecule has 0 aliphatic carbocycles. The third-order valence-electron chi connectivity index (χ3n) is 0.532. The van der Waals surface area contributed by atoms with Crippen molar-refractivity contribution in [2.75, 3.05) is 0 Å². The zero-order chi connectivity index (χ0) is 5.70. The lowest BCUT2D eigenvalue weighted by molar-refractivity contribution is 1.11. The van der Waals surface area contributed by atoms with Crippen molar-refractivity contribution in [1.82, 2.24) is 3.90 Å². The SMILES string of the molecule is C[Si]N([Si]C)[Si]Cl. The van der Waals surface area contributed by atoms with Crippen molar-refractivity contribution in [3.8, 4) is 0 Å². The standard InChI is InChI=1S/C2H6ClNSi3/c1-5-4(6-2)7-3/h1-2H3. The highest BCUT2D eigenvalue weighted by Crippen LogP contribution is 1.79. The average molecular weight is 164 g/mol. The highest BCUT2D eigenvalue weighted by molar-refractivity contribution is 6.97. The average Bonchev–Trinajstić information content (AvgIpc) is 1.72. The fourth-order valence-corrected chi connectivity index (χ4v) is 3.29. The van der Waals surface area contributed by atoms with E-state index in [0.29, 0.717) is 8.99 Å². The summed E-state index contributed by atoms with van der Waals surface area (Å²) in [7, 11) is 2.23. The molecule has 0 aliphatic rings. The van der Waals surface area contributed by atoms with Crippen molar-refractivity contribution < 1.29 is 0 Å². The molecule has 0 aliphatic heterocycles. The van der Waals surface area contributed by atoms with Crippen LogP contribution in [0.25, 0.3) is 0 Å². The van der Waals surface area contributed by atoms with E-state index in [1.165, 1.54) is 0 Å². The van der Waals surface area contributed by atoms with Crippen molar-refractivity contribution in [1.29, 1.82) is 0 Å². The summed E-state index contributed by atoms with van der Waals surface area (Å²) in [5, 5.41) is 0. The number of nitrogens with zero attached hydrogens (tertiary/aromatic N) is 1. The van der Waals surface area contributed by atoms with E-state index >= 15 is 0 Å². The molecule has 5 heteroatoms. The smallest absolute Gasteiger partial charge is 0.258 e. The van der Waals surface area contributed by atoms with Gasteiger partial charge in [-0.05, 0) is 0 Å². The maximum atomic E-state index is 5.54. The summed E-state index contributed by atoms with van der Waals surface area (Å²) in [5.74, 6) is 0. The lowest BCUT2D eigenvalue weighted by Gasteiger charge is -2.08. The van der Waals surface area contributed by atoms with Crippen LogP contribution in [-0.2, 0) is 0 Å². The molecular formula is C2H6ClNSi3. The highest BCUT2D eigenvalue weighted by Gasteiger charge is 1.96. The molecule has 6 radical (unpaired) electrons. The van der Waals surface area contributed by atoms with Crippen LogP contribution in [0, 0.1) is 0 Å². The summed E-state index contributed by atoms with van der Waals surface area (Å²) in [6, 6.07) is 0. The lowest BCUT2D eigenvalue weighted by atomic mass is 11.9. The van der Waals surface area contributed by atoms with Crippen LogP contribution in [0.5, 0.6) is 0 Å². The Balaban J connectivity index is 2.99. The van der Waals surface area contributed by atoms with Gasteiger partial charge in [-0.2, -0.15) is 0 Å². The zero-order valence-electron chi connectivity index (χ0n) is 4.33. The second-order valence-electron chi connectivity index (χ2n) is 0.867. The van der Waals surface area contributed by atoms with Gasteiger partial charge in [0, 0.05) is 0 Å². The van der Waals surface area contributed by atoms with Gasteiger partial charge in [0.1, 0.15) is 19.4 Å². The molecule has 0 rings (SSSR count). The van der Waals surface area contributed by atoms with Gasteiger partial charge in [-0.15, -0.1) is 11.1 Å². The van der Waals surface area contributed by atoms with Crippen LogP contribution in [0.15, 0.2) is 0 Å². The maximum absolute atomic E-state index is 5.54. The van der Waals surface area contributed by atoms with Gasteiger partial charge in [0.2, 0.25) is 0 Å². The highest BCUT2D eigenvalue weighted by atomic mass is 35.6. The molecule has 0 unspecified atom stereocenters. The molecule has 1 nitrogen and oxygen atoms in total. The van der Waals surface area contributed by atoms with Crippen LogP contribution in [0.4, 0.5) is 0 Å². The van der Waals surface area contributed by atoms with E-state index in [0.717, 1.165) is 19.4 Å². The number of rotatable bonds is 3. The van der Waals surface area contributed by atoms with E-state index in [2.05, 4.69) is 17.0 Å². The van der Waals surface area contributed by atoms with Gasteiger partial charge in [-0.25, -0.2) is 0 Å². The molecule has 0 aromatic carbocycles. The molecule has 38 valence electrons.